The van der Waals surface area contributed by atoms with E-state index in [1.807, 2.05) is 18.7 Å². The van der Waals surface area contributed by atoms with Crippen molar-refractivity contribution < 1.29 is 13.2 Å². The minimum absolute atomic E-state index is 0.00105. The third kappa shape index (κ3) is 5.83. The summed E-state index contributed by atoms with van der Waals surface area (Å²) in [7, 11) is -1.74. The van der Waals surface area contributed by atoms with Gasteiger partial charge in [-0.3, -0.25) is 9.69 Å². The number of hydrogen-bond acceptors (Lipinski definition) is 4. The maximum Gasteiger partial charge on any atom is 0.281 e. The Hall–Kier alpha value is -0.700. The molecule has 0 aromatic carbocycles. The SMILES string of the molecule is CCCCN(C)S(=O)(=O)N1CCCN(CC(=O)NCC)CC1. The standard InChI is InChI=1S/C14H30N4O3S/c1-4-6-8-16(3)22(20,21)18-10-7-9-17(11-12-18)13-14(19)15-5-2/h4-13H2,1-3H3,(H,15,19). The van der Waals surface area contributed by atoms with Gasteiger partial charge in [0.2, 0.25) is 5.91 Å². The largest absolute Gasteiger partial charge is 0.355 e. The van der Waals surface area contributed by atoms with Gasteiger partial charge in [0, 0.05) is 39.8 Å². The Morgan fingerprint density at radius 2 is 1.91 bits per heavy atom. The van der Waals surface area contributed by atoms with Gasteiger partial charge in [0.25, 0.3) is 10.2 Å². The number of nitrogens with one attached hydrogen (secondary N) is 1. The minimum Gasteiger partial charge on any atom is -0.355 e. The fourth-order valence-corrected chi connectivity index (χ4v) is 3.91. The Balaban J connectivity index is 2.56. The predicted molar refractivity (Wildman–Crippen MR) is 87.8 cm³/mol. The van der Waals surface area contributed by atoms with Crippen LogP contribution < -0.4 is 5.32 Å². The molecule has 0 radical (unpaired) electrons. The molecule has 0 aromatic heterocycles. The van der Waals surface area contributed by atoms with Gasteiger partial charge in [-0.1, -0.05) is 13.3 Å². The zero-order chi connectivity index (χ0) is 16.6. The Bertz CT molecular complexity index is 441. The molecule has 1 aliphatic rings. The summed E-state index contributed by atoms with van der Waals surface area (Å²) < 4.78 is 28.0. The molecule has 7 nitrogen and oxygen atoms in total. The van der Waals surface area contributed by atoms with Gasteiger partial charge in [-0.15, -0.1) is 0 Å². The maximum absolute atomic E-state index is 12.5. The fourth-order valence-electron chi connectivity index (χ4n) is 2.49. The summed E-state index contributed by atoms with van der Waals surface area (Å²) >= 11 is 0. The average Bonchev–Trinajstić information content (AvgIpc) is 2.70. The van der Waals surface area contributed by atoms with Crippen LogP contribution in [0.3, 0.4) is 0 Å². The van der Waals surface area contributed by atoms with E-state index in [1.165, 1.54) is 4.31 Å². The Morgan fingerprint density at radius 3 is 2.55 bits per heavy atom. The van der Waals surface area contributed by atoms with Crippen LogP contribution in [0.5, 0.6) is 0 Å². The normalized spacial score (nSPS) is 18.4. The number of carbonyl (C=O) groups is 1. The number of carbonyl (C=O) groups excluding carboxylic acids is 1. The van der Waals surface area contributed by atoms with Crippen molar-refractivity contribution in [2.45, 2.75) is 33.1 Å². The van der Waals surface area contributed by atoms with Gasteiger partial charge in [0.15, 0.2) is 0 Å². The van der Waals surface area contributed by atoms with Crippen molar-refractivity contribution in [2.75, 3.05) is 52.9 Å². The summed E-state index contributed by atoms with van der Waals surface area (Å²) in [5, 5.41) is 2.78. The third-order valence-corrected chi connectivity index (χ3v) is 5.82. The first-order chi connectivity index (χ1) is 10.4. The highest BCUT2D eigenvalue weighted by molar-refractivity contribution is 7.86. The van der Waals surface area contributed by atoms with Crippen LogP contribution in [0.25, 0.3) is 0 Å². The van der Waals surface area contributed by atoms with Crippen molar-refractivity contribution in [3.63, 3.8) is 0 Å². The molecule has 1 fully saturated rings. The van der Waals surface area contributed by atoms with Crippen molar-refractivity contribution >= 4 is 16.1 Å². The highest BCUT2D eigenvalue weighted by atomic mass is 32.2. The van der Waals surface area contributed by atoms with E-state index in [1.54, 1.807) is 11.4 Å². The molecule has 0 saturated carbocycles. The second-order valence-corrected chi connectivity index (χ2v) is 7.70. The van der Waals surface area contributed by atoms with Crippen LogP contribution in [0, 0.1) is 0 Å². The number of likely N-dealkylation sites (N-methyl/N-ethyl adjacent to an activating group) is 1. The number of unbranched alkanes of at least 4 members (excludes halogenated alkanes) is 1. The maximum atomic E-state index is 12.5. The van der Waals surface area contributed by atoms with Gasteiger partial charge in [0.05, 0.1) is 6.54 Å². The molecule has 8 heteroatoms. The molecule has 0 atom stereocenters. The number of hydrogen-bond donors (Lipinski definition) is 1. The Morgan fingerprint density at radius 1 is 1.18 bits per heavy atom. The van der Waals surface area contributed by atoms with Crippen LogP contribution >= 0.6 is 0 Å². The smallest absolute Gasteiger partial charge is 0.281 e. The van der Waals surface area contributed by atoms with Crippen LogP contribution in [0.2, 0.25) is 0 Å². The van der Waals surface area contributed by atoms with E-state index in [-0.39, 0.29) is 5.91 Å². The van der Waals surface area contributed by atoms with E-state index >= 15 is 0 Å². The molecule has 1 aliphatic heterocycles. The molecule has 130 valence electrons. The Labute approximate surface area is 134 Å². The molecule has 0 spiro atoms. The summed E-state index contributed by atoms with van der Waals surface area (Å²) in [4.78, 5) is 13.7. The monoisotopic (exact) mass is 334 g/mol. The van der Waals surface area contributed by atoms with Gasteiger partial charge in [-0.2, -0.15) is 17.0 Å². The third-order valence-electron chi connectivity index (χ3n) is 3.84. The summed E-state index contributed by atoms with van der Waals surface area (Å²) in [6, 6.07) is 0. The van der Waals surface area contributed by atoms with Crippen LogP contribution in [0.15, 0.2) is 0 Å². The number of amides is 1. The van der Waals surface area contributed by atoms with Crippen molar-refractivity contribution in [1.29, 1.82) is 0 Å². The Kier molecular flexibility index (Phi) is 8.30. The first kappa shape index (κ1) is 19.3. The van der Waals surface area contributed by atoms with E-state index < -0.39 is 10.2 Å². The molecule has 1 amide bonds. The average molecular weight is 334 g/mol. The fraction of sp³-hybridized carbons (Fsp3) is 0.929. The number of nitrogens with zero attached hydrogens (tertiary/aromatic N) is 3. The van der Waals surface area contributed by atoms with Gasteiger partial charge >= 0.3 is 0 Å². The summed E-state index contributed by atoms with van der Waals surface area (Å²) in [6.45, 7) is 7.76. The van der Waals surface area contributed by atoms with E-state index in [2.05, 4.69) is 5.32 Å². The molecule has 1 N–H and O–H groups in total. The zero-order valence-electron chi connectivity index (χ0n) is 14.0. The highest BCUT2D eigenvalue weighted by Gasteiger charge is 2.28. The van der Waals surface area contributed by atoms with Crippen molar-refractivity contribution in [2.24, 2.45) is 0 Å². The summed E-state index contributed by atoms with van der Waals surface area (Å²) in [5.74, 6) is -0.00105. The second-order valence-electron chi connectivity index (χ2n) is 5.67. The molecule has 0 bridgehead atoms. The predicted octanol–water partition coefficient (Wildman–Crippen LogP) is 0.107. The van der Waals surface area contributed by atoms with Crippen LogP contribution in [0.4, 0.5) is 0 Å². The lowest BCUT2D eigenvalue weighted by molar-refractivity contribution is -0.122. The zero-order valence-corrected chi connectivity index (χ0v) is 14.9. The molecule has 0 aliphatic carbocycles. The summed E-state index contributed by atoms with van der Waals surface area (Å²) in [6.07, 6.45) is 2.59. The van der Waals surface area contributed by atoms with Crippen molar-refractivity contribution in [3.8, 4) is 0 Å². The van der Waals surface area contributed by atoms with Crippen LogP contribution in [-0.2, 0) is 15.0 Å². The highest BCUT2D eigenvalue weighted by Crippen LogP contribution is 2.12. The molecule has 1 heterocycles. The van der Waals surface area contributed by atoms with Crippen molar-refractivity contribution in [3.05, 3.63) is 0 Å². The van der Waals surface area contributed by atoms with Gasteiger partial charge in [-0.05, 0) is 26.3 Å². The van der Waals surface area contributed by atoms with Crippen molar-refractivity contribution in [1.82, 2.24) is 18.8 Å². The van der Waals surface area contributed by atoms with Gasteiger partial charge < -0.3 is 5.32 Å². The first-order valence-corrected chi connectivity index (χ1v) is 9.52. The summed E-state index contributed by atoms with van der Waals surface area (Å²) in [5.41, 5.74) is 0. The second kappa shape index (κ2) is 9.44. The van der Waals surface area contributed by atoms with E-state index in [9.17, 15) is 13.2 Å². The molecule has 1 rings (SSSR count). The van der Waals surface area contributed by atoms with E-state index in [0.29, 0.717) is 39.3 Å². The molecule has 22 heavy (non-hydrogen) atoms. The minimum atomic E-state index is -3.38. The number of rotatable bonds is 8. The van der Waals surface area contributed by atoms with Crippen LogP contribution in [0.1, 0.15) is 33.1 Å². The quantitative estimate of drug-likeness (QED) is 0.684. The van der Waals surface area contributed by atoms with Gasteiger partial charge in [-0.25, -0.2) is 0 Å². The molecular weight excluding hydrogens is 304 g/mol. The van der Waals surface area contributed by atoms with E-state index in [0.717, 1.165) is 25.8 Å². The molecule has 0 aromatic rings. The molecular formula is C14H30N4O3S. The molecule has 1 saturated heterocycles. The van der Waals surface area contributed by atoms with Crippen LogP contribution in [-0.4, -0.2) is 80.7 Å². The first-order valence-electron chi connectivity index (χ1n) is 8.12. The lowest BCUT2D eigenvalue weighted by Crippen LogP contribution is -2.44. The van der Waals surface area contributed by atoms with E-state index in [4.69, 9.17) is 0 Å². The van der Waals surface area contributed by atoms with Gasteiger partial charge in [0.1, 0.15) is 0 Å². The lowest BCUT2D eigenvalue weighted by atomic mass is 10.3. The topological polar surface area (TPSA) is 73.0 Å². The lowest BCUT2D eigenvalue weighted by Gasteiger charge is -2.26. The molecule has 0 unspecified atom stereocenters.